The maximum absolute atomic E-state index is 6.17. The van der Waals surface area contributed by atoms with E-state index in [2.05, 4.69) is 50.4 Å². The van der Waals surface area contributed by atoms with E-state index in [1.165, 1.54) is 37.7 Å². The molecule has 0 atom stereocenters. The van der Waals surface area contributed by atoms with Gasteiger partial charge in [-0.15, -0.1) is 0 Å². The zero-order valence-corrected chi connectivity index (χ0v) is 13.2. The second kappa shape index (κ2) is 7.68. The number of hydrogen-bond donors (Lipinski definition) is 1. The van der Waals surface area contributed by atoms with Gasteiger partial charge in [0.2, 0.25) is 0 Å². The average molecular weight is 275 g/mol. The van der Waals surface area contributed by atoms with Crippen molar-refractivity contribution in [3.05, 3.63) is 29.8 Å². The van der Waals surface area contributed by atoms with Gasteiger partial charge in [-0.05, 0) is 49.3 Å². The first-order valence-electron chi connectivity index (χ1n) is 8.16. The fourth-order valence-electron chi connectivity index (χ4n) is 2.90. The molecule has 1 aromatic carbocycles. The highest BCUT2D eigenvalue weighted by Gasteiger charge is 2.21. The third-order valence-corrected chi connectivity index (χ3v) is 4.29. The zero-order chi connectivity index (χ0) is 14.4. The van der Waals surface area contributed by atoms with Gasteiger partial charge in [0.15, 0.2) is 0 Å². The predicted octanol–water partition coefficient (Wildman–Crippen LogP) is 4.53. The van der Waals surface area contributed by atoms with Gasteiger partial charge in [-0.3, -0.25) is 0 Å². The lowest BCUT2D eigenvalue weighted by atomic mass is 9.86. The molecule has 0 aromatic heterocycles. The molecule has 0 aliphatic heterocycles. The van der Waals surface area contributed by atoms with E-state index in [0.29, 0.717) is 12.1 Å². The predicted molar refractivity (Wildman–Crippen MR) is 85.1 cm³/mol. The van der Waals surface area contributed by atoms with Crippen LogP contribution >= 0.6 is 0 Å². The maximum Gasteiger partial charge on any atom is 0.120 e. The van der Waals surface area contributed by atoms with Crippen molar-refractivity contribution in [3.8, 4) is 5.75 Å². The van der Waals surface area contributed by atoms with Crippen LogP contribution < -0.4 is 10.1 Å². The van der Waals surface area contributed by atoms with Crippen LogP contribution in [0.1, 0.15) is 58.4 Å². The van der Waals surface area contributed by atoms with Crippen LogP contribution in [0, 0.1) is 5.92 Å². The van der Waals surface area contributed by atoms with Crippen LogP contribution in [0.15, 0.2) is 24.3 Å². The molecule has 0 saturated heterocycles. The third-order valence-electron chi connectivity index (χ3n) is 4.29. The third kappa shape index (κ3) is 4.82. The fourth-order valence-corrected chi connectivity index (χ4v) is 2.90. The van der Waals surface area contributed by atoms with Gasteiger partial charge >= 0.3 is 0 Å². The molecule has 0 spiro atoms. The standard InChI is InChI=1S/C18H29NO/c1-4-15-8-10-17(11-9-15)20-18-7-5-6-16(12-18)13-19-14(2)3/h5-7,12,14-15,17,19H,4,8-11,13H2,1-3H3. The molecule has 2 nitrogen and oxygen atoms in total. The van der Waals surface area contributed by atoms with Gasteiger partial charge < -0.3 is 10.1 Å². The number of ether oxygens (including phenoxy) is 1. The summed E-state index contributed by atoms with van der Waals surface area (Å²) < 4.78 is 6.17. The van der Waals surface area contributed by atoms with E-state index < -0.39 is 0 Å². The van der Waals surface area contributed by atoms with Gasteiger partial charge in [0.25, 0.3) is 0 Å². The largest absolute Gasteiger partial charge is 0.490 e. The highest BCUT2D eigenvalue weighted by atomic mass is 16.5. The number of rotatable bonds is 6. The Morgan fingerprint density at radius 1 is 1.20 bits per heavy atom. The summed E-state index contributed by atoms with van der Waals surface area (Å²) in [7, 11) is 0. The van der Waals surface area contributed by atoms with Gasteiger partial charge in [-0.1, -0.05) is 39.3 Å². The Labute approximate surface area is 123 Å². The molecule has 1 aliphatic carbocycles. The van der Waals surface area contributed by atoms with Crippen molar-refractivity contribution in [1.29, 1.82) is 0 Å². The lowest BCUT2D eigenvalue weighted by Gasteiger charge is -2.28. The molecular formula is C18H29NO. The second-order valence-corrected chi connectivity index (χ2v) is 6.35. The van der Waals surface area contributed by atoms with Crippen LogP contribution in [0.4, 0.5) is 0 Å². The lowest BCUT2D eigenvalue weighted by molar-refractivity contribution is 0.130. The maximum atomic E-state index is 6.17. The van der Waals surface area contributed by atoms with E-state index in [0.717, 1.165) is 18.2 Å². The van der Waals surface area contributed by atoms with Gasteiger partial charge in [0, 0.05) is 12.6 Å². The molecule has 2 rings (SSSR count). The summed E-state index contributed by atoms with van der Waals surface area (Å²) in [6.07, 6.45) is 6.83. The second-order valence-electron chi connectivity index (χ2n) is 6.35. The number of nitrogens with one attached hydrogen (secondary N) is 1. The minimum Gasteiger partial charge on any atom is -0.490 e. The van der Waals surface area contributed by atoms with E-state index in [1.807, 2.05) is 0 Å². The molecule has 0 bridgehead atoms. The number of hydrogen-bond acceptors (Lipinski definition) is 2. The average Bonchev–Trinajstić information content (AvgIpc) is 2.46. The van der Waals surface area contributed by atoms with Crippen molar-refractivity contribution in [2.45, 2.75) is 71.6 Å². The van der Waals surface area contributed by atoms with Crippen molar-refractivity contribution in [3.63, 3.8) is 0 Å². The molecule has 20 heavy (non-hydrogen) atoms. The zero-order valence-electron chi connectivity index (χ0n) is 13.2. The van der Waals surface area contributed by atoms with E-state index in [4.69, 9.17) is 4.74 Å². The van der Waals surface area contributed by atoms with Gasteiger partial charge in [0.1, 0.15) is 5.75 Å². The van der Waals surface area contributed by atoms with E-state index >= 15 is 0 Å². The van der Waals surface area contributed by atoms with Crippen LogP contribution in [-0.2, 0) is 6.54 Å². The molecule has 112 valence electrons. The highest BCUT2D eigenvalue weighted by Crippen LogP contribution is 2.29. The minimum absolute atomic E-state index is 0.422. The first-order valence-corrected chi connectivity index (χ1v) is 8.16. The Morgan fingerprint density at radius 2 is 1.95 bits per heavy atom. The van der Waals surface area contributed by atoms with Crippen molar-refractivity contribution < 1.29 is 4.74 Å². The Hall–Kier alpha value is -1.02. The monoisotopic (exact) mass is 275 g/mol. The SMILES string of the molecule is CCC1CCC(Oc2cccc(CNC(C)C)c2)CC1. The topological polar surface area (TPSA) is 21.3 Å². The van der Waals surface area contributed by atoms with E-state index in [1.54, 1.807) is 0 Å². The Balaban J connectivity index is 1.85. The van der Waals surface area contributed by atoms with E-state index in [9.17, 15) is 0 Å². The van der Waals surface area contributed by atoms with Crippen molar-refractivity contribution in [2.75, 3.05) is 0 Å². The van der Waals surface area contributed by atoms with Gasteiger partial charge in [0.05, 0.1) is 6.10 Å². The van der Waals surface area contributed by atoms with Crippen molar-refractivity contribution in [1.82, 2.24) is 5.32 Å². The normalized spacial score (nSPS) is 23.0. The fraction of sp³-hybridized carbons (Fsp3) is 0.667. The molecule has 0 radical (unpaired) electrons. The first-order chi connectivity index (χ1) is 9.67. The summed E-state index contributed by atoms with van der Waals surface area (Å²) in [6.45, 7) is 7.56. The summed E-state index contributed by atoms with van der Waals surface area (Å²) in [5, 5.41) is 3.45. The Bertz CT molecular complexity index is 394. The molecule has 1 aromatic rings. The molecule has 2 heteroatoms. The highest BCUT2D eigenvalue weighted by molar-refractivity contribution is 5.28. The van der Waals surface area contributed by atoms with Gasteiger partial charge in [-0.25, -0.2) is 0 Å². The Kier molecular flexibility index (Phi) is 5.90. The van der Waals surface area contributed by atoms with Gasteiger partial charge in [-0.2, -0.15) is 0 Å². The molecule has 1 aliphatic rings. The smallest absolute Gasteiger partial charge is 0.120 e. The quantitative estimate of drug-likeness (QED) is 0.823. The Morgan fingerprint density at radius 3 is 2.60 bits per heavy atom. The summed E-state index contributed by atoms with van der Waals surface area (Å²) in [5.74, 6) is 1.96. The number of benzene rings is 1. The molecule has 1 saturated carbocycles. The van der Waals surface area contributed by atoms with Crippen LogP contribution in [0.3, 0.4) is 0 Å². The molecule has 0 heterocycles. The van der Waals surface area contributed by atoms with Crippen molar-refractivity contribution in [2.24, 2.45) is 5.92 Å². The van der Waals surface area contributed by atoms with E-state index in [-0.39, 0.29) is 0 Å². The summed E-state index contributed by atoms with van der Waals surface area (Å²) in [4.78, 5) is 0. The van der Waals surface area contributed by atoms with Crippen molar-refractivity contribution >= 4 is 0 Å². The van der Waals surface area contributed by atoms with Crippen LogP contribution in [-0.4, -0.2) is 12.1 Å². The molecule has 1 fully saturated rings. The first kappa shape index (κ1) is 15.4. The summed E-state index contributed by atoms with van der Waals surface area (Å²) in [5.41, 5.74) is 1.30. The lowest BCUT2D eigenvalue weighted by Crippen LogP contribution is -2.24. The van der Waals surface area contributed by atoms with Crippen LogP contribution in [0.25, 0.3) is 0 Å². The van der Waals surface area contributed by atoms with Crippen LogP contribution in [0.2, 0.25) is 0 Å². The minimum atomic E-state index is 0.422. The molecule has 1 N–H and O–H groups in total. The molecular weight excluding hydrogens is 246 g/mol. The van der Waals surface area contributed by atoms with Crippen LogP contribution in [0.5, 0.6) is 5.75 Å². The molecule has 0 unspecified atom stereocenters. The summed E-state index contributed by atoms with van der Waals surface area (Å²) >= 11 is 0. The summed E-state index contributed by atoms with van der Waals surface area (Å²) in [6, 6.07) is 9.05. The molecule has 0 amide bonds.